The van der Waals surface area contributed by atoms with Gasteiger partial charge in [-0.2, -0.15) is 0 Å². The lowest BCUT2D eigenvalue weighted by atomic mass is 10.1. The highest BCUT2D eigenvalue weighted by Crippen LogP contribution is 2.33. The molecule has 0 spiro atoms. The van der Waals surface area contributed by atoms with Gasteiger partial charge in [-0.1, -0.05) is 52.0 Å². The molecule has 0 aliphatic rings. The Labute approximate surface area is 130 Å². The lowest BCUT2D eigenvalue weighted by Crippen LogP contribution is -1.92. The Morgan fingerprint density at radius 1 is 1.15 bits per heavy atom. The van der Waals surface area contributed by atoms with Gasteiger partial charge in [0, 0.05) is 20.3 Å². The largest absolute Gasteiger partial charge is 0.389 e. The predicted octanol–water partition coefficient (Wildman–Crippen LogP) is 5.13. The number of halogens is 1. The minimum Gasteiger partial charge on any atom is -0.389 e. The van der Waals surface area contributed by atoms with Crippen molar-refractivity contribution in [2.45, 2.75) is 22.9 Å². The minimum atomic E-state index is -0.462. The number of rotatable bonds is 3. The zero-order valence-corrected chi connectivity index (χ0v) is 13.3. The number of aromatic nitrogens is 1. The molecule has 3 rings (SSSR count). The van der Waals surface area contributed by atoms with E-state index in [9.17, 15) is 5.11 Å². The molecule has 0 amide bonds. The number of aliphatic hydroxyl groups excluding tert-OH is 1. The molecule has 0 radical (unpaired) electrons. The van der Waals surface area contributed by atoms with Gasteiger partial charge in [-0.25, -0.2) is 0 Å². The molecule has 0 aliphatic heterocycles. The molecule has 0 fully saturated rings. The van der Waals surface area contributed by atoms with Crippen molar-refractivity contribution in [1.29, 1.82) is 0 Å². The van der Waals surface area contributed by atoms with Crippen LogP contribution in [-0.4, -0.2) is 10.1 Å². The Kier molecular flexibility index (Phi) is 3.87. The van der Waals surface area contributed by atoms with Gasteiger partial charge in [-0.05, 0) is 36.8 Å². The molecule has 0 unspecified atom stereocenters. The summed E-state index contributed by atoms with van der Waals surface area (Å²) in [5, 5.41) is 12.0. The first-order valence-electron chi connectivity index (χ1n) is 6.36. The van der Waals surface area contributed by atoms with Crippen molar-refractivity contribution in [3.05, 3.63) is 58.6 Å². The third-order valence-corrected chi connectivity index (χ3v) is 4.77. The lowest BCUT2D eigenvalue weighted by molar-refractivity contribution is 0.198. The van der Waals surface area contributed by atoms with Gasteiger partial charge in [0.05, 0.1) is 11.1 Å². The topological polar surface area (TPSA) is 36.0 Å². The molecule has 1 heterocycles. The maximum atomic E-state index is 9.64. The van der Waals surface area contributed by atoms with Crippen LogP contribution in [0.1, 0.15) is 18.6 Å². The van der Waals surface area contributed by atoms with Crippen LogP contribution in [-0.2, 0) is 0 Å². The fourth-order valence-corrected chi connectivity index (χ4v) is 3.91. The van der Waals surface area contributed by atoms with Crippen molar-refractivity contribution < 1.29 is 5.11 Å². The second-order valence-electron chi connectivity index (χ2n) is 4.68. The van der Waals surface area contributed by atoms with Gasteiger partial charge in [-0.15, -0.1) is 0 Å². The molecule has 4 heteroatoms. The van der Waals surface area contributed by atoms with Crippen LogP contribution in [0.5, 0.6) is 0 Å². The van der Waals surface area contributed by atoms with E-state index in [2.05, 4.69) is 39.1 Å². The number of hydrogen-bond donors (Lipinski definition) is 2. The van der Waals surface area contributed by atoms with Crippen molar-refractivity contribution >= 4 is 38.6 Å². The number of fused-ring (bicyclic) bond motifs is 1. The third kappa shape index (κ3) is 2.77. The summed E-state index contributed by atoms with van der Waals surface area (Å²) in [5.74, 6) is 0. The van der Waals surface area contributed by atoms with E-state index in [1.807, 2.05) is 30.3 Å². The first-order valence-corrected chi connectivity index (χ1v) is 7.97. The Bertz CT molecular complexity index is 718. The molecule has 2 nitrogen and oxygen atoms in total. The second kappa shape index (κ2) is 5.64. The lowest BCUT2D eigenvalue weighted by Gasteiger charge is -2.08. The third-order valence-electron chi connectivity index (χ3n) is 3.16. The van der Waals surface area contributed by atoms with Crippen molar-refractivity contribution in [3.63, 3.8) is 0 Å². The van der Waals surface area contributed by atoms with E-state index in [1.54, 1.807) is 18.7 Å². The Morgan fingerprint density at radius 3 is 2.65 bits per heavy atom. The van der Waals surface area contributed by atoms with Gasteiger partial charge in [-0.3, -0.25) is 0 Å². The monoisotopic (exact) mass is 347 g/mol. The van der Waals surface area contributed by atoms with Crippen LogP contribution in [0, 0.1) is 0 Å². The summed E-state index contributed by atoms with van der Waals surface area (Å²) in [4.78, 5) is 4.53. The Morgan fingerprint density at radius 2 is 1.95 bits per heavy atom. The zero-order valence-electron chi connectivity index (χ0n) is 10.9. The summed E-state index contributed by atoms with van der Waals surface area (Å²) in [7, 11) is 0. The summed E-state index contributed by atoms with van der Waals surface area (Å²) in [6.07, 6.45) is -0.462. The maximum Gasteiger partial charge on any atom is 0.0780 e. The Hall–Kier alpha value is -1.23. The van der Waals surface area contributed by atoms with Gasteiger partial charge in [0.1, 0.15) is 0 Å². The molecule has 2 N–H and O–H groups in total. The fraction of sp³-hybridized carbons (Fsp3) is 0.125. The minimum absolute atomic E-state index is 0.462. The van der Waals surface area contributed by atoms with Gasteiger partial charge in [0.25, 0.3) is 0 Å². The summed E-state index contributed by atoms with van der Waals surface area (Å²) in [5.41, 5.74) is 2.06. The number of hydrogen-bond acceptors (Lipinski definition) is 2. The van der Waals surface area contributed by atoms with Crippen LogP contribution in [0.15, 0.2) is 62.9 Å². The van der Waals surface area contributed by atoms with Gasteiger partial charge in [0.15, 0.2) is 0 Å². The second-order valence-corrected chi connectivity index (χ2v) is 6.65. The quantitative estimate of drug-likeness (QED) is 0.688. The predicted molar refractivity (Wildman–Crippen MR) is 87.2 cm³/mol. The smallest absolute Gasteiger partial charge is 0.0780 e. The molecule has 20 heavy (non-hydrogen) atoms. The summed E-state index contributed by atoms with van der Waals surface area (Å²) in [6.45, 7) is 1.77. The van der Waals surface area contributed by atoms with E-state index in [4.69, 9.17) is 0 Å². The first-order chi connectivity index (χ1) is 9.63. The van der Waals surface area contributed by atoms with Gasteiger partial charge < -0.3 is 10.1 Å². The molecule has 1 atom stereocenters. The van der Waals surface area contributed by atoms with E-state index in [-0.39, 0.29) is 0 Å². The number of H-pyrrole nitrogens is 1. The highest BCUT2D eigenvalue weighted by molar-refractivity contribution is 9.10. The molecule has 1 aromatic heterocycles. The van der Waals surface area contributed by atoms with Crippen molar-refractivity contribution in [1.82, 2.24) is 4.98 Å². The highest BCUT2D eigenvalue weighted by Gasteiger charge is 2.08. The normalized spacial score (nSPS) is 12.8. The van der Waals surface area contributed by atoms with Crippen molar-refractivity contribution in [3.8, 4) is 0 Å². The van der Waals surface area contributed by atoms with Crippen LogP contribution in [0.25, 0.3) is 10.9 Å². The maximum absolute atomic E-state index is 9.64. The SMILES string of the molecule is C[C@H](O)c1ccc(Sc2cc3ccccc3[nH]2)cc1Br. The molecular weight excluding hydrogens is 334 g/mol. The fourth-order valence-electron chi connectivity index (χ4n) is 2.14. The molecule has 3 aromatic rings. The molecule has 0 saturated carbocycles. The molecule has 0 bridgehead atoms. The highest BCUT2D eigenvalue weighted by atomic mass is 79.9. The summed E-state index contributed by atoms with van der Waals surface area (Å²) in [6, 6.07) is 16.4. The number of aromatic amines is 1. The molecule has 2 aromatic carbocycles. The standard InChI is InChI=1S/C16H14BrNOS/c1-10(19)13-7-6-12(9-14(13)17)20-16-8-11-4-2-3-5-15(11)18-16/h2-10,18-19H,1H3/t10-/m0/s1. The number of aliphatic hydroxyl groups is 1. The van der Waals surface area contributed by atoms with Crippen LogP contribution >= 0.6 is 27.7 Å². The van der Waals surface area contributed by atoms with E-state index in [0.29, 0.717) is 0 Å². The Balaban J connectivity index is 1.89. The average Bonchev–Trinajstić information content (AvgIpc) is 2.80. The number of benzene rings is 2. The molecular formula is C16H14BrNOS. The van der Waals surface area contributed by atoms with Crippen LogP contribution < -0.4 is 0 Å². The van der Waals surface area contributed by atoms with Crippen molar-refractivity contribution in [2.75, 3.05) is 0 Å². The summed E-state index contributed by atoms with van der Waals surface area (Å²) >= 11 is 5.19. The van der Waals surface area contributed by atoms with Gasteiger partial charge >= 0.3 is 0 Å². The molecule has 102 valence electrons. The first kappa shape index (κ1) is 13.7. The average molecular weight is 348 g/mol. The van der Waals surface area contributed by atoms with E-state index in [0.717, 1.165) is 25.5 Å². The molecule has 0 saturated heterocycles. The van der Waals surface area contributed by atoms with Crippen LogP contribution in [0.4, 0.5) is 0 Å². The number of para-hydroxylation sites is 1. The van der Waals surface area contributed by atoms with E-state index >= 15 is 0 Å². The van der Waals surface area contributed by atoms with Gasteiger partial charge in [0.2, 0.25) is 0 Å². The molecule has 0 aliphatic carbocycles. The van der Waals surface area contributed by atoms with E-state index in [1.165, 1.54) is 5.39 Å². The summed E-state index contributed by atoms with van der Waals surface area (Å²) < 4.78 is 0.939. The van der Waals surface area contributed by atoms with Crippen LogP contribution in [0.2, 0.25) is 0 Å². The van der Waals surface area contributed by atoms with Crippen molar-refractivity contribution in [2.24, 2.45) is 0 Å². The zero-order chi connectivity index (χ0) is 14.1. The van der Waals surface area contributed by atoms with Crippen LogP contribution in [0.3, 0.4) is 0 Å². The van der Waals surface area contributed by atoms with E-state index < -0.39 is 6.10 Å². The number of nitrogens with one attached hydrogen (secondary N) is 1.